The maximum atomic E-state index is 13.7. The van der Waals surface area contributed by atoms with Gasteiger partial charge in [-0.1, -0.05) is 169 Å². The lowest BCUT2D eigenvalue weighted by Crippen LogP contribution is -2.47. The first-order valence-corrected chi connectivity index (χ1v) is 20.0. The van der Waals surface area contributed by atoms with E-state index in [4.69, 9.17) is 4.74 Å². The molecule has 0 aromatic rings. The molecule has 0 aliphatic heterocycles. The number of hydrogen-bond donors (Lipinski definition) is 3. The first kappa shape index (κ1) is 45.4. The number of carbonyl (C=O) groups is 3. The highest BCUT2D eigenvalue weighted by Gasteiger charge is 2.45. The van der Waals surface area contributed by atoms with E-state index in [0.717, 1.165) is 89.9 Å². The molecule has 7 nitrogen and oxygen atoms in total. The molecule has 0 fully saturated rings. The van der Waals surface area contributed by atoms with Gasteiger partial charge >= 0.3 is 17.9 Å². The summed E-state index contributed by atoms with van der Waals surface area (Å²) in [6.07, 6.45) is 29.3. The van der Waals surface area contributed by atoms with Crippen molar-refractivity contribution in [3.63, 3.8) is 0 Å². The fourth-order valence-electron chi connectivity index (χ4n) is 7.11. The first-order valence-electron chi connectivity index (χ1n) is 20.0. The van der Waals surface area contributed by atoms with Crippen molar-refractivity contribution >= 4 is 17.9 Å². The molecule has 0 saturated heterocycles. The topological polar surface area (TPSA) is 121 Å². The third-order valence-corrected chi connectivity index (χ3v) is 10.1. The lowest BCUT2D eigenvalue weighted by molar-refractivity contribution is -0.184. The minimum atomic E-state index is -2.69. The lowest BCUT2D eigenvalue weighted by Gasteiger charge is -2.42. The van der Waals surface area contributed by atoms with E-state index in [-0.39, 0.29) is 5.92 Å². The molecule has 0 radical (unpaired) electrons. The van der Waals surface area contributed by atoms with E-state index < -0.39 is 42.0 Å². The Hall–Kier alpha value is -1.63. The summed E-state index contributed by atoms with van der Waals surface area (Å²) in [7, 11) is 0. The molecule has 3 N–H and O–H groups in total. The largest absolute Gasteiger partial charge is 0.481 e. The van der Waals surface area contributed by atoms with Crippen LogP contribution in [0.25, 0.3) is 0 Å². The van der Waals surface area contributed by atoms with Gasteiger partial charge < -0.3 is 20.1 Å². The predicted octanol–water partition coefficient (Wildman–Crippen LogP) is 11.6. The second-order valence-corrected chi connectivity index (χ2v) is 14.5. The van der Waals surface area contributed by atoms with Crippen LogP contribution in [0, 0.1) is 5.92 Å². The second kappa shape index (κ2) is 29.3. The van der Waals surface area contributed by atoms with E-state index in [1.165, 1.54) is 89.9 Å². The monoisotopic (exact) mass is 669 g/mol. The van der Waals surface area contributed by atoms with Crippen LogP contribution in [-0.4, -0.2) is 44.4 Å². The summed E-state index contributed by atoms with van der Waals surface area (Å²) in [5.41, 5.74) is -3.43. The molecule has 47 heavy (non-hydrogen) atoms. The number of ether oxygens (including phenoxy) is 1. The normalized spacial score (nSPS) is 13.1. The van der Waals surface area contributed by atoms with Crippen LogP contribution >= 0.6 is 0 Å². The number of carbonyl (C=O) groups excluding carboxylic acids is 1. The highest BCUT2D eigenvalue weighted by Crippen LogP contribution is 2.41. The van der Waals surface area contributed by atoms with Crippen LogP contribution in [0.5, 0.6) is 0 Å². The van der Waals surface area contributed by atoms with Gasteiger partial charge in [0.25, 0.3) is 0 Å². The minimum Gasteiger partial charge on any atom is -0.481 e. The number of rotatable bonds is 35. The van der Waals surface area contributed by atoms with Crippen LogP contribution in [0.2, 0.25) is 0 Å². The molecule has 0 spiro atoms. The van der Waals surface area contributed by atoms with Crippen LogP contribution in [0.3, 0.4) is 0 Å². The highest BCUT2D eigenvalue weighted by atomic mass is 16.6. The van der Waals surface area contributed by atoms with Crippen molar-refractivity contribution in [3.05, 3.63) is 0 Å². The SMILES string of the molecule is CCCCCCCCC(CCCCCCCC)C(CCCCCCCC)(CCCCCCCC)OC(=O)CC(O)(CC(=O)O)C(=O)O. The van der Waals surface area contributed by atoms with Crippen LogP contribution in [-0.2, 0) is 19.1 Å². The Bertz CT molecular complexity index is 751. The molecule has 0 aliphatic carbocycles. The van der Waals surface area contributed by atoms with E-state index in [1.807, 2.05) is 0 Å². The molecule has 1 atom stereocenters. The molecule has 0 aromatic heterocycles. The first-order chi connectivity index (χ1) is 22.6. The van der Waals surface area contributed by atoms with Gasteiger partial charge in [0.2, 0.25) is 0 Å². The van der Waals surface area contributed by atoms with Crippen molar-refractivity contribution in [2.45, 2.75) is 232 Å². The van der Waals surface area contributed by atoms with Crippen LogP contribution < -0.4 is 0 Å². The number of aliphatic hydroxyl groups is 1. The molecule has 0 saturated carbocycles. The molecular formula is C40H76O7. The summed E-state index contributed by atoms with van der Waals surface area (Å²) in [6.45, 7) is 8.88. The molecule has 1 unspecified atom stereocenters. The van der Waals surface area contributed by atoms with E-state index in [1.54, 1.807) is 0 Å². The van der Waals surface area contributed by atoms with Crippen LogP contribution in [0.15, 0.2) is 0 Å². The van der Waals surface area contributed by atoms with Gasteiger partial charge in [0.15, 0.2) is 5.60 Å². The minimum absolute atomic E-state index is 0.160. The highest BCUT2D eigenvalue weighted by molar-refractivity contribution is 5.88. The lowest BCUT2D eigenvalue weighted by atomic mass is 9.73. The Morgan fingerprint density at radius 3 is 1.19 bits per heavy atom. The smallest absolute Gasteiger partial charge is 0.336 e. The van der Waals surface area contributed by atoms with Gasteiger partial charge in [0.1, 0.15) is 5.60 Å². The molecule has 0 bridgehead atoms. The number of unbranched alkanes of at least 4 members (excludes halogenated alkanes) is 20. The summed E-state index contributed by atoms with van der Waals surface area (Å²) < 4.78 is 6.52. The number of hydrogen-bond acceptors (Lipinski definition) is 5. The average molecular weight is 669 g/mol. The molecule has 0 rings (SSSR count). The fourth-order valence-corrected chi connectivity index (χ4v) is 7.11. The van der Waals surface area contributed by atoms with Gasteiger partial charge in [-0.2, -0.15) is 0 Å². The second-order valence-electron chi connectivity index (χ2n) is 14.5. The van der Waals surface area contributed by atoms with Crippen molar-refractivity contribution in [1.82, 2.24) is 0 Å². The zero-order valence-electron chi connectivity index (χ0n) is 31.3. The summed E-state index contributed by atoms with van der Waals surface area (Å²) in [6, 6.07) is 0. The van der Waals surface area contributed by atoms with Gasteiger partial charge in [0, 0.05) is 0 Å². The molecule has 0 heterocycles. The van der Waals surface area contributed by atoms with Gasteiger partial charge in [-0.15, -0.1) is 0 Å². The molecule has 278 valence electrons. The summed E-state index contributed by atoms with van der Waals surface area (Å²) in [5.74, 6) is -3.79. The maximum Gasteiger partial charge on any atom is 0.336 e. The third kappa shape index (κ3) is 22.6. The van der Waals surface area contributed by atoms with Crippen LogP contribution in [0.1, 0.15) is 220 Å². The van der Waals surface area contributed by atoms with Gasteiger partial charge in [-0.25, -0.2) is 4.79 Å². The van der Waals surface area contributed by atoms with Crippen molar-refractivity contribution < 1.29 is 34.4 Å². The molecular weight excluding hydrogens is 592 g/mol. The number of aliphatic carboxylic acids is 2. The Morgan fingerprint density at radius 2 is 0.851 bits per heavy atom. The Labute approximate surface area is 289 Å². The number of carboxylic acid groups (broad SMARTS) is 2. The summed E-state index contributed by atoms with van der Waals surface area (Å²) >= 11 is 0. The third-order valence-electron chi connectivity index (χ3n) is 10.1. The van der Waals surface area contributed by atoms with Crippen LogP contribution in [0.4, 0.5) is 0 Å². The Balaban J connectivity index is 6.32. The van der Waals surface area contributed by atoms with Gasteiger partial charge in [0.05, 0.1) is 12.8 Å². The fraction of sp³-hybridized carbons (Fsp3) is 0.925. The van der Waals surface area contributed by atoms with Crippen molar-refractivity contribution in [2.24, 2.45) is 5.92 Å². The number of esters is 1. The van der Waals surface area contributed by atoms with Crippen molar-refractivity contribution in [2.75, 3.05) is 0 Å². The van der Waals surface area contributed by atoms with E-state index in [0.29, 0.717) is 0 Å². The summed E-state index contributed by atoms with van der Waals surface area (Å²) in [4.78, 5) is 37.1. The van der Waals surface area contributed by atoms with Crippen molar-refractivity contribution in [1.29, 1.82) is 0 Å². The molecule has 0 amide bonds. The molecule has 0 aliphatic rings. The van der Waals surface area contributed by atoms with Gasteiger partial charge in [-0.05, 0) is 44.4 Å². The zero-order valence-corrected chi connectivity index (χ0v) is 31.3. The Morgan fingerprint density at radius 1 is 0.511 bits per heavy atom. The van der Waals surface area contributed by atoms with Crippen molar-refractivity contribution in [3.8, 4) is 0 Å². The summed E-state index contributed by atoms with van der Waals surface area (Å²) in [5, 5.41) is 29.8. The quantitative estimate of drug-likeness (QED) is 0.0454. The predicted molar refractivity (Wildman–Crippen MR) is 194 cm³/mol. The zero-order chi connectivity index (χ0) is 35.2. The molecule has 7 heteroatoms. The Kier molecular flexibility index (Phi) is 28.3. The standard InChI is InChI=1S/C40H76O7/c1-5-9-13-17-21-25-29-35(30-26-22-18-14-10-6-2)40(31-27-23-19-15-11-7-3,32-28-24-20-16-12-8-4)47-37(43)34-39(46,38(44)45)33-36(41)42/h35,46H,5-34H2,1-4H3,(H,41,42)(H,44,45). The molecule has 0 aromatic carbocycles. The van der Waals surface area contributed by atoms with E-state index in [2.05, 4.69) is 27.7 Å². The van der Waals surface area contributed by atoms with E-state index in [9.17, 15) is 29.7 Å². The number of carboxylic acids is 2. The van der Waals surface area contributed by atoms with Gasteiger partial charge in [-0.3, -0.25) is 9.59 Å². The maximum absolute atomic E-state index is 13.7. The van der Waals surface area contributed by atoms with E-state index >= 15 is 0 Å². The average Bonchev–Trinajstić information content (AvgIpc) is 3.02.